The molecule has 17 heavy (non-hydrogen) atoms. The van der Waals surface area contributed by atoms with Crippen LogP contribution in [0, 0.1) is 5.41 Å². The molecule has 1 aliphatic heterocycles. The second-order valence-corrected chi connectivity index (χ2v) is 5.51. The molecule has 0 radical (unpaired) electrons. The molecule has 1 saturated heterocycles. The van der Waals surface area contributed by atoms with E-state index >= 15 is 0 Å². The van der Waals surface area contributed by atoms with Gasteiger partial charge < -0.3 is 14.5 Å². The first-order chi connectivity index (χ1) is 8.38. The van der Waals surface area contributed by atoms with E-state index in [1.807, 2.05) is 12.1 Å². The van der Waals surface area contributed by atoms with Crippen molar-refractivity contribution in [1.29, 1.82) is 0 Å². The van der Waals surface area contributed by atoms with E-state index in [2.05, 4.69) is 5.32 Å². The van der Waals surface area contributed by atoms with Crippen LogP contribution in [-0.2, 0) is 4.74 Å². The van der Waals surface area contributed by atoms with Crippen molar-refractivity contribution >= 4 is 0 Å². The zero-order valence-electron chi connectivity index (χ0n) is 10.3. The maximum Gasteiger partial charge on any atom is 0.133 e. The van der Waals surface area contributed by atoms with Crippen molar-refractivity contribution in [1.82, 2.24) is 5.32 Å². The lowest BCUT2D eigenvalue weighted by Crippen LogP contribution is -2.37. The van der Waals surface area contributed by atoms with Gasteiger partial charge >= 0.3 is 0 Å². The molecular weight excluding hydrogens is 214 g/mol. The lowest BCUT2D eigenvalue weighted by Gasteiger charge is -2.35. The van der Waals surface area contributed by atoms with Gasteiger partial charge in [-0.1, -0.05) is 19.3 Å². The quantitative estimate of drug-likeness (QED) is 0.812. The highest BCUT2D eigenvalue weighted by Crippen LogP contribution is 2.38. The second kappa shape index (κ2) is 4.83. The van der Waals surface area contributed by atoms with E-state index in [-0.39, 0.29) is 6.10 Å². The highest BCUT2D eigenvalue weighted by molar-refractivity contribution is 5.04. The smallest absolute Gasteiger partial charge is 0.133 e. The first-order valence-electron chi connectivity index (χ1n) is 6.74. The maximum absolute atomic E-state index is 6.08. The molecule has 2 heterocycles. The van der Waals surface area contributed by atoms with Gasteiger partial charge in [-0.3, -0.25) is 0 Å². The summed E-state index contributed by atoms with van der Waals surface area (Å²) < 4.78 is 11.5. The first kappa shape index (κ1) is 11.3. The molecule has 0 bridgehead atoms. The molecule has 1 aromatic rings. The lowest BCUT2D eigenvalue weighted by atomic mass is 9.75. The molecule has 0 amide bonds. The highest BCUT2D eigenvalue weighted by Gasteiger charge is 2.35. The van der Waals surface area contributed by atoms with Crippen molar-refractivity contribution in [2.45, 2.75) is 38.2 Å². The molecule has 3 heteroatoms. The van der Waals surface area contributed by atoms with Gasteiger partial charge in [-0.15, -0.1) is 0 Å². The average molecular weight is 235 g/mol. The zero-order valence-corrected chi connectivity index (χ0v) is 10.3. The third kappa shape index (κ3) is 2.40. The maximum atomic E-state index is 6.08. The number of furan rings is 1. The minimum Gasteiger partial charge on any atom is -0.467 e. The van der Waals surface area contributed by atoms with Crippen molar-refractivity contribution in [3.63, 3.8) is 0 Å². The van der Waals surface area contributed by atoms with Crippen LogP contribution in [-0.4, -0.2) is 19.7 Å². The Morgan fingerprint density at radius 2 is 2.12 bits per heavy atom. The molecule has 1 unspecified atom stereocenters. The summed E-state index contributed by atoms with van der Waals surface area (Å²) in [5.41, 5.74) is 0.388. The molecule has 94 valence electrons. The highest BCUT2D eigenvalue weighted by atomic mass is 16.5. The van der Waals surface area contributed by atoms with Gasteiger partial charge in [0.2, 0.25) is 0 Å². The lowest BCUT2D eigenvalue weighted by molar-refractivity contribution is -0.00983. The van der Waals surface area contributed by atoms with Crippen LogP contribution in [0.15, 0.2) is 22.8 Å². The van der Waals surface area contributed by atoms with E-state index in [9.17, 15) is 0 Å². The summed E-state index contributed by atoms with van der Waals surface area (Å²) in [6.07, 6.45) is 8.54. The van der Waals surface area contributed by atoms with E-state index in [4.69, 9.17) is 9.15 Å². The van der Waals surface area contributed by atoms with Gasteiger partial charge in [-0.05, 0) is 25.0 Å². The Morgan fingerprint density at radius 3 is 2.88 bits per heavy atom. The molecule has 1 N–H and O–H groups in total. The topological polar surface area (TPSA) is 34.4 Å². The number of ether oxygens (including phenoxy) is 1. The van der Waals surface area contributed by atoms with Crippen LogP contribution in [0.3, 0.4) is 0 Å². The Kier molecular flexibility index (Phi) is 3.21. The predicted octanol–water partition coefficient (Wildman–Crippen LogP) is 2.89. The normalized spacial score (nSPS) is 29.1. The SMILES string of the molecule is c1coc(C2CNCC3(CCCCC3)CO2)c1. The number of hydrogen-bond donors (Lipinski definition) is 1. The molecule has 0 aromatic carbocycles. The van der Waals surface area contributed by atoms with Crippen LogP contribution in [0.2, 0.25) is 0 Å². The van der Waals surface area contributed by atoms with Gasteiger partial charge in [0.05, 0.1) is 12.9 Å². The second-order valence-electron chi connectivity index (χ2n) is 5.51. The van der Waals surface area contributed by atoms with Gasteiger partial charge in [0.15, 0.2) is 0 Å². The van der Waals surface area contributed by atoms with Gasteiger partial charge in [-0.2, -0.15) is 0 Å². The number of hydrogen-bond acceptors (Lipinski definition) is 3. The molecule has 1 aliphatic carbocycles. The van der Waals surface area contributed by atoms with Crippen LogP contribution in [0.1, 0.15) is 44.0 Å². The summed E-state index contributed by atoms with van der Waals surface area (Å²) in [5, 5.41) is 3.56. The fraction of sp³-hybridized carbons (Fsp3) is 0.714. The van der Waals surface area contributed by atoms with Crippen molar-refractivity contribution in [2.24, 2.45) is 5.41 Å². The largest absolute Gasteiger partial charge is 0.467 e. The van der Waals surface area contributed by atoms with E-state index in [1.165, 1.54) is 32.1 Å². The summed E-state index contributed by atoms with van der Waals surface area (Å²) in [5.74, 6) is 0.949. The Hall–Kier alpha value is -0.800. The molecule has 1 aromatic heterocycles. The molecule has 1 saturated carbocycles. The van der Waals surface area contributed by atoms with E-state index in [1.54, 1.807) is 6.26 Å². The summed E-state index contributed by atoms with van der Waals surface area (Å²) in [6.45, 7) is 2.85. The molecule has 2 fully saturated rings. The minimum absolute atomic E-state index is 0.0892. The predicted molar refractivity (Wildman–Crippen MR) is 65.8 cm³/mol. The summed E-state index contributed by atoms with van der Waals surface area (Å²) in [6, 6.07) is 3.94. The summed E-state index contributed by atoms with van der Waals surface area (Å²) in [7, 11) is 0. The zero-order chi connectivity index (χ0) is 11.6. The van der Waals surface area contributed by atoms with Gasteiger partial charge in [-0.25, -0.2) is 0 Å². The molecule has 3 nitrogen and oxygen atoms in total. The molecule has 1 atom stereocenters. The van der Waals surface area contributed by atoms with Crippen molar-refractivity contribution in [3.8, 4) is 0 Å². The molecule has 1 spiro atoms. The minimum atomic E-state index is 0.0892. The Balaban J connectivity index is 1.67. The summed E-state index contributed by atoms with van der Waals surface area (Å²) >= 11 is 0. The standard InChI is InChI=1S/C14H21NO2/c1-2-6-14(7-3-1)10-15-9-13(17-11-14)12-5-4-8-16-12/h4-5,8,13,15H,1-3,6-7,9-11H2. The Morgan fingerprint density at radius 1 is 1.24 bits per heavy atom. The van der Waals surface area contributed by atoms with Gasteiger partial charge in [0.25, 0.3) is 0 Å². The monoisotopic (exact) mass is 235 g/mol. The fourth-order valence-electron chi connectivity index (χ4n) is 3.14. The summed E-state index contributed by atoms with van der Waals surface area (Å²) in [4.78, 5) is 0. The van der Waals surface area contributed by atoms with Crippen LogP contribution in [0.25, 0.3) is 0 Å². The Bertz CT molecular complexity index is 341. The van der Waals surface area contributed by atoms with Crippen molar-refractivity contribution in [2.75, 3.05) is 19.7 Å². The molecule has 3 rings (SSSR count). The number of nitrogens with one attached hydrogen (secondary N) is 1. The van der Waals surface area contributed by atoms with Crippen LogP contribution >= 0.6 is 0 Å². The van der Waals surface area contributed by atoms with E-state index < -0.39 is 0 Å². The van der Waals surface area contributed by atoms with Gasteiger partial charge in [0, 0.05) is 18.5 Å². The van der Waals surface area contributed by atoms with Crippen LogP contribution in [0.5, 0.6) is 0 Å². The molecule has 2 aliphatic rings. The fourth-order valence-corrected chi connectivity index (χ4v) is 3.14. The van der Waals surface area contributed by atoms with Crippen LogP contribution in [0.4, 0.5) is 0 Å². The van der Waals surface area contributed by atoms with Crippen LogP contribution < -0.4 is 5.32 Å². The average Bonchev–Trinajstić information content (AvgIpc) is 2.82. The van der Waals surface area contributed by atoms with Crippen molar-refractivity contribution in [3.05, 3.63) is 24.2 Å². The first-order valence-corrected chi connectivity index (χ1v) is 6.74. The van der Waals surface area contributed by atoms with E-state index in [0.29, 0.717) is 5.41 Å². The Labute approximate surface area is 103 Å². The van der Waals surface area contributed by atoms with E-state index in [0.717, 1.165) is 25.5 Å². The third-order valence-electron chi connectivity index (χ3n) is 4.20. The van der Waals surface area contributed by atoms with Crippen molar-refractivity contribution < 1.29 is 9.15 Å². The van der Waals surface area contributed by atoms with Gasteiger partial charge in [0.1, 0.15) is 11.9 Å². The number of rotatable bonds is 1. The third-order valence-corrected chi connectivity index (χ3v) is 4.20. The molecular formula is C14H21NO2.